The summed E-state index contributed by atoms with van der Waals surface area (Å²) in [6.45, 7) is 10.2. The van der Waals surface area contributed by atoms with E-state index in [1.807, 2.05) is 36.4 Å². The van der Waals surface area contributed by atoms with Gasteiger partial charge in [0.15, 0.2) is 46.0 Å². The van der Waals surface area contributed by atoms with Crippen LogP contribution in [-0.4, -0.2) is 84.7 Å². The zero-order valence-electron chi connectivity index (χ0n) is 39.2. The van der Waals surface area contributed by atoms with Crippen molar-refractivity contribution in [3.05, 3.63) is 128 Å². The number of para-hydroxylation sites is 2. The predicted molar refractivity (Wildman–Crippen MR) is 260 cm³/mol. The lowest BCUT2D eigenvalue weighted by Crippen LogP contribution is -2.10. The maximum atomic E-state index is 12.0. The van der Waals surface area contributed by atoms with E-state index in [0.29, 0.717) is 21.9 Å². The molecule has 16 nitrogen and oxygen atoms in total. The Kier molecular flexibility index (Phi) is 16.3. The summed E-state index contributed by atoms with van der Waals surface area (Å²) < 4.78 is 5.63. The zero-order valence-corrected chi connectivity index (χ0v) is 39.2. The fourth-order valence-corrected chi connectivity index (χ4v) is 9.06. The summed E-state index contributed by atoms with van der Waals surface area (Å²) in [5.41, 5.74) is 1.38. The third kappa shape index (κ3) is 9.58. The first kappa shape index (κ1) is 52.3. The molecule has 7 aromatic rings. The summed E-state index contributed by atoms with van der Waals surface area (Å²) in [5.74, 6) is -13.3. The van der Waals surface area contributed by atoms with Crippen LogP contribution in [0.1, 0.15) is 135 Å². The molecule has 6 aromatic carbocycles. The van der Waals surface area contributed by atoms with Gasteiger partial charge in [0, 0.05) is 81.4 Å². The van der Waals surface area contributed by atoms with Gasteiger partial charge in [-0.1, -0.05) is 52.0 Å². The number of aromatic hydroxyl groups is 12. The summed E-state index contributed by atoms with van der Waals surface area (Å²) in [6.07, 6.45) is 0.409. The normalized spacial score (nSPS) is 16.1. The van der Waals surface area contributed by atoms with Crippen LogP contribution in [0.25, 0.3) is 21.9 Å². The average Bonchev–Trinajstić information content (AvgIpc) is 3.34. The Balaban J connectivity index is 0.000000347. The van der Waals surface area contributed by atoms with Crippen LogP contribution in [0, 0.1) is 0 Å². The first-order chi connectivity index (χ1) is 32.7. The molecule has 0 radical (unpaired) electrons. The number of phenolic OH excluding ortho intramolecular Hbond substituents is 12. The molecule has 0 aliphatic heterocycles. The first-order valence-electron chi connectivity index (χ1n) is 22.4. The van der Waals surface area contributed by atoms with Crippen LogP contribution in [0.2, 0.25) is 0 Å². The van der Waals surface area contributed by atoms with Crippen molar-refractivity contribution in [2.45, 2.75) is 97.0 Å². The zero-order chi connectivity index (χ0) is 51.3. The van der Waals surface area contributed by atoms with Gasteiger partial charge in [-0.15, -0.1) is 0 Å². The molecule has 0 atom stereocenters. The number of aliphatic hydroxyl groups is 2. The van der Waals surface area contributed by atoms with Crippen LogP contribution in [0.15, 0.2) is 82.0 Å². The van der Waals surface area contributed by atoms with Gasteiger partial charge in [0.05, 0.1) is 10.8 Å². The van der Waals surface area contributed by atoms with E-state index >= 15 is 0 Å². The second-order valence-electron chi connectivity index (χ2n) is 16.8. The van der Waals surface area contributed by atoms with E-state index in [0.717, 1.165) is 7.11 Å². The Labute approximate surface area is 397 Å². The van der Waals surface area contributed by atoms with Gasteiger partial charge in [0.1, 0.15) is 11.2 Å². The summed E-state index contributed by atoms with van der Waals surface area (Å²) in [4.78, 5) is 12.0. The van der Waals surface area contributed by atoms with Crippen LogP contribution in [0.4, 0.5) is 0 Å². The van der Waals surface area contributed by atoms with Crippen molar-refractivity contribution >= 4 is 21.9 Å². The molecule has 1 aliphatic rings. The van der Waals surface area contributed by atoms with Crippen molar-refractivity contribution in [2.24, 2.45) is 0 Å². The van der Waals surface area contributed by atoms with Crippen molar-refractivity contribution in [3.8, 4) is 69.0 Å². The number of rotatable bonds is 4. The largest absolute Gasteiger partial charge is 0.504 e. The molecular weight excluding hydrogens is 893 g/mol. The van der Waals surface area contributed by atoms with Crippen LogP contribution in [-0.2, 0) is 0 Å². The molecule has 1 aliphatic carbocycles. The third-order valence-electron chi connectivity index (χ3n) is 12.3. The van der Waals surface area contributed by atoms with Crippen molar-refractivity contribution in [3.63, 3.8) is 0 Å². The molecule has 14 N–H and O–H groups in total. The first-order valence-corrected chi connectivity index (χ1v) is 22.4. The van der Waals surface area contributed by atoms with E-state index in [4.69, 9.17) is 14.6 Å². The minimum absolute atomic E-state index is 0.00860. The van der Waals surface area contributed by atoms with E-state index in [2.05, 4.69) is 0 Å². The number of aliphatic hydroxyl groups excluding tert-OH is 2. The average molecular weight is 953 g/mol. The van der Waals surface area contributed by atoms with Gasteiger partial charge >= 0.3 is 0 Å². The number of phenols is 12. The fraction of sp³-hybridized carbons (Fsp3) is 0.302. The molecule has 8 bridgehead atoms. The molecule has 0 amide bonds. The summed E-state index contributed by atoms with van der Waals surface area (Å²) >= 11 is 0. The van der Waals surface area contributed by atoms with Gasteiger partial charge in [-0.25, -0.2) is 0 Å². The summed E-state index contributed by atoms with van der Waals surface area (Å²) in [5, 5.41) is 149. The molecule has 0 fully saturated rings. The van der Waals surface area contributed by atoms with E-state index in [1.165, 1.54) is 24.3 Å². The SMILES string of the molecule is CC(C)O.CCC1c2cc(c(O)c(O)c2O)C(CC)c2cc(c(O)c(O)c2O)C(CC)c2cc(c(O)c(O)c2O)C(CC)c2cc1c(O)c(O)c2O.CO.O=c1c2ccccc2oc2ccccc12. The van der Waals surface area contributed by atoms with Crippen LogP contribution < -0.4 is 5.43 Å². The summed E-state index contributed by atoms with van der Waals surface area (Å²) in [6, 6.07) is 20.1. The topological polar surface area (TPSA) is 313 Å². The van der Waals surface area contributed by atoms with Gasteiger partial charge in [-0.05, 0) is 88.1 Å². The Morgan fingerprint density at radius 2 is 0.580 bits per heavy atom. The van der Waals surface area contributed by atoms with Crippen molar-refractivity contribution in [2.75, 3.05) is 7.11 Å². The quantitative estimate of drug-likeness (QED) is 0.0577. The van der Waals surface area contributed by atoms with E-state index in [-0.39, 0.29) is 81.7 Å². The van der Waals surface area contributed by atoms with Gasteiger partial charge in [-0.3, -0.25) is 4.79 Å². The second-order valence-corrected chi connectivity index (χ2v) is 16.8. The third-order valence-corrected chi connectivity index (χ3v) is 12.3. The molecule has 16 heteroatoms. The van der Waals surface area contributed by atoms with Crippen molar-refractivity contribution in [1.29, 1.82) is 0 Å². The van der Waals surface area contributed by atoms with E-state index in [9.17, 15) is 66.1 Å². The maximum Gasteiger partial charge on any atom is 0.200 e. The summed E-state index contributed by atoms with van der Waals surface area (Å²) in [7, 11) is 1.00. The second kappa shape index (κ2) is 21.5. The highest BCUT2D eigenvalue weighted by atomic mass is 16.3. The molecule has 1 aromatic heterocycles. The van der Waals surface area contributed by atoms with Crippen LogP contribution in [0.3, 0.4) is 0 Å². The molecule has 8 rings (SSSR count). The predicted octanol–water partition coefficient (Wildman–Crippen LogP) is 9.58. The Morgan fingerprint density at radius 1 is 0.391 bits per heavy atom. The molecule has 0 saturated heterocycles. The standard InChI is InChI=1S/C36H40O12.C13H8O2.C3H8O.CH4O/c1-5-13-17-9-19(27(39)33(45)25(17)37)14(6-2)21-11-23(31(43)35(47)29(21)41)16(8-4)24-12-22(30(42)36(48)32(24)44)15(7-3)20-10-18(13)26(38)34(46)28(20)40;14-13-9-5-1-3-7-11(9)15-12-8-4-2-6-10(12)13;1-3(2)4;1-2/h9-16,37-48H,5-8H2,1-4H3;1-8H;3-4H,1-2H3;2H,1H3. The lowest BCUT2D eigenvalue weighted by atomic mass is 9.77. The lowest BCUT2D eigenvalue weighted by molar-refractivity contribution is 0.216. The van der Waals surface area contributed by atoms with E-state index < -0.39 is 92.7 Å². The van der Waals surface area contributed by atoms with Crippen molar-refractivity contribution in [1.82, 2.24) is 0 Å². The highest BCUT2D eigenvalue weighted by Gasteiger charge is 2.36. The van der Waals surface area contributed by atoms with Gasteiger partial charge in [0.25, 0.3) is 0 Å². The smallest absolute Gasteiger partial charge is 0.200 e. The molecule has 368 valence electrons. The lowest BCUT2D eigenvalue weighted by Gasteiger charge is -2.29. The Hall–Kier alpha value is -7.69. The van der Waals surface area contributed by atoms with Gasteiger partial charge in [-0.2, -0.15) is 0 Å². The molecule has 0 saturated carbocycles. The van der Waals surface area contributed by atoms with Gasteiger partial charge in [0.2, 0.25) is 28.4 Å². The number of benzene rings is 6. The minimum Gasteiger partial charge on any atom is -0.504 e. The molecular formula is C53H60O16. The Bertz CT molecular complexity index is 2600. The van der Waals surface area contributed by atoms with Crippen LogP contribution in [0.5, 0.6) is 69.0 Å². The number of fused-ring (bicyclic) bond motifs is 10. The van der Waals surface area contributed by atoms with Crippen molar-refractivity contribution < 1.29 is 75.9 Å². The number of hydrogen-bond donors (Lipinski definition) is 14. The van der Waals surface area contributed by atoms with E-state index in [1.54, 1.807) is 53.7 Å². The highest BCUT2D eigenvalue weighted by Crippen LogP contribution is 2.58. The maximum absolute atomic E-state index is 12.0. The molecule has 69 heavy (non-hydrogen) atoms. The monoisotopic (exact) mass is 952 g/mol. The Morgan fingerprint density at radius 3 is 0.768 bits per heavy atom. The fourth-order valence-electron chi connectivity index (χ4n) is 9.06. The van der Waals surface area contributed by atoms with Gasteiger partial charge < -0.3 is 75.9 Å². The molecule has 0 spiro atoms. The molecule has 0 unspecified atom stereocenters. The minimum atomic E-state index is -0.984. The number of hydrogen-bond acceptors (Lipinski definition) is 16. The highest BCUT2D eigenvalue weighted by molar-refractivity contribution is 5.89. The molecule has 1 heterocycles. The van der Waals surface area contributed by atoms with Crippen LogP contribution >= 0.6 is 0 Å².